The molecule has 3 aromatic rings. The Morgan fingerprint density at radius 1 is 1.09 bits per heavy atom. The van der Waals surface area contributed by atoms with Gasteiger partial charge in [-0.3, -0.25) is 9.88 Å². The smallest absolute Gasteiger partial charge is 0.212 e. The van der Waals surface area contributed by atoms with E-state index >= 15 is 0 Å². The summed E-state index contributed by atoms with van der Waals surface area (Å²) in [6.45, 7) is 0. The average Bonchev–Trinajstić information content (AvgIpc) is 2.87. The molecule has 2 aromatic carbocycles. The first-order valence-electron chi connectivity index (χ1n) is 6.66. The summed E-state index contributed by atoms with van der Waals surface area (Å²) >= 11 is 0. The number of anilines is 1. The lowest BCUT2D eigenvalue weighted by Crippen LogP contribution is -2.31. The van der Waals surface area contributed by atoms with Gasteiger partial charge in [-0.1, -0.05) is 18.2 Å². The first-order valence-corrected chi connectivity index (χ1v) is 6.66. The second-order valence-electron chi connectivity index (χ2n) is 4.98. The van der Waals surface area contributed by atoms with Crippen LogP contribution in [0.4, 0.5) is 14.7 Å². The van der Waals surface area contributed by atoms with Gasteiger partial charge in [0.25, 0.3) is 0 Å². The van der Waals surface area contributed by atoms with Gasteiger partial charge in [0.15, 0.2) is 23.8 Å². The van der Waals surface area contributed by atoms with Crippen LogP contribution in [0.15, 0.2) is 47.5 Å². The lowest BCUT2D eigenvalue weighted by Gasteiger charge is -2.23. The van der Waals surface area contributed by atoms with Crippen LogP contribution in [0.1, 0.15) is 11.7 Å². The van der Waals surface area contributed by atoms with E-state index in [1.165, 1.54) is 6.07 Å². The Kier molecular flexibility index (Phi) is 2.62. The fraction of sp³-hybridized carbons (Fsp3) is 0.0667. The monoisotopic (exact) mass is 299 g/mol. The molecule has 2 heterocycles. The molecule has 3 N–H and O–H groups in total. The number of nitrogens with one attached hydrogen (secondary N) is 1. The third-order valence-electron chi connectivity index (χ3n) is 3.58. The van der Waals surface area contributed by atoms with Gasteiger partial charge in [-0.25, -0.2) is 18.8 Å². The summed E-state index contributed by atoms with van der Waals surface area (Å²) in [6, 6.07) is 11.2. The van der Waals surface area contributed by atoms with Crippen molar-refractivity contribution in [2.75, 3.05) is 5.32 Å². The van der Waals surface area contributed by atoms with Crippen LogP contribution in [-0.4, -0.2) is 15.5 Å². The van der Waals surface area contributed by atoms with E-state index in [2.05, 4.69) is 15.3 Å². The van der Waals surface area contributed by atoms with Crippen LogP contribution >= 0.6 is 0 Å². The van der Waals surface area contributed by atoms with Crippen molar-refractivity contribution in [1.82, 2.24) is 9.55 Å². The van der Waals surface area contributed by atoms with Crippen LogP contribution in [0.5, 0.6) is 0 Å². The molecular formula is C15H11F2N5. The number of imidazole rings is 1. The number of halogens is 2. The maximum absolute atomic E-state index is 13.6. The zero-order valence-electron chi connectivity index (χ0n) is 11.3. The van der Waals surface area contributed by atoms with E-state index in [1.54, 1.807) is 4.57 Å². The highest BCUT2D eigenvalue weighted by Gasteiger charge is 2.25. The minimum atomic E-state index is -0.921. The molecule has 0 amide bonds. The second kappa shape index (κ2) is 4.52. The number of rotatable bonds is 1. The minimum absolute atomic E-state index is 0.178. The summed E-state index contributed by atoms with van der Waals surface area (Å²) in [5.41, 5.74) is 7.87. The Morgan fingerprint density at radius 2 is 1.91 bits per heavy atom. The number of nitrogens with two attached hydrogens (primary N) is 1. The first-order chi connectivity index (χ1) is 10.6. The fourth-order valence-electron chi connectivity index (χ4n) is 2.61. The summed E-state index contributed by atoms with van der Waals surface area (Å²) in [7, 11) is 0. The van der Waals surface area contributed by atoms with E-state index < -0.39 is 17.8 Å². The van der Waals surface area contributed by atoms with Gasteiger partial charge in [0.05, 0.1) is 11.0 Å². The number of hydrogen-bond acceptors (Lipinski definition) is 4. The summed E-state index contributed by atoms with van der Waals surface area (Å²) in [4.78, 5) is 8.75. The predicted octanol–water partition coefficient (Wildman–Crippen LogP) is 2.60. The number of nitrogens with zero attached hydrogens (tertiary/aromatic N) is 3. The third-order valence-corrected chi connectivity index (χ3v) is 3.58. The average molecular weight is 299 g/mol. The van der Waals surface area contributed by atoms with Crippen LogP contribution < -0.4 is 11.1 Å². The van der Waals surface area contributed by atoms with Gasteiger partial charge in [0.2, 0.25) is 5.95 Å². The van der Waals surface area contributed by atoms with Crippen molar-refractivity contribution in [2.24, 2.45) is 10.7 Å². The van der Waals surface area contributed by atoms with Crippen molar-refractivity contribution < 1.29 is 8.78 Å². The molecule has 1 atom stereocenters. The SMILES string of the molecule is NC1=NC(c2ccc(F)c(F)c2)n2c(nc3ccccc32)N1. The summed E-state index contributed by atoms with van der Waals surface area (Å²) < 4.78 is 28.5. The van der Waals surface area contributed by atoms with Crippen molar-refractivity contribution in [1.29, 1.82) is 0 Å². The molecule has 4 rings (SSSR count). The number of hydrogen-bond donors (Lipinski definition) is 2. The van der Waals surface area contributed by atoms with E-state index in [4.69, 9.17) is 5.73 Å². The zero-order chi connectivity index (χ0) is 15.3. The van der Waals surface area contributed by atoms with Gasteiger partial charge in [0, 0.05) is 5.56 Å². The number of aromatic nitrogens is 2. The molecular weight excluding hydrogens is 288 g/mol. The van der Waals surface area contributed by atoms with Gasteiger partial charge >= 0.3 is 0 Å². The first kappa shape index (κ1) is 12.8. The van der Waals surface area contributed by atoms with Crippen LogP contribution in [-0.2, 0) is 0 Å². The topological polar surface area (TPSA) is 68.2 Å². The van der Waals surface area contributed by atoms with Crippen LogP contribution in [0.25, 0.3) is 11.0 Å². The van der Waals surface area contributed by atoms with Gasteiger partial charge < -0.3 is 5.73 Å². The molecule has 0 saturated heterocycles. The zero-order valence-corrected chi connectivity index (χ0v) is 11.3. The molecule has 1 aromatic heterocycles. The highest BCUT2D eigenvalue weighted by molar-refractivity contribution is 5.94. The van der Waals surface area contributed by atoms with Crippen LogP contribution in [0.2, 0.25) is 0 Å². The van der Waals surface area contributed by atoms with E-state index in [0.29, 0.717) is 11.5 Å². The molecule has 0 bridgehead atoms. The molecule has 0 spiro atoms. The Morgan fingerprint density at radius 3 is 2.73 bits per heavy atom. The Bertz CT molecular complexity index is 915. The van der Waals surface area contributed by atoms with E-state index in [-0.39, 0.29) is 5.96 Å². The van der Waals surface area contributed by atoms with Crippen molar-refractivity contribution in [3.05, 3.63) is 59.7 Å². The van der Waals surface area contributed by atoms with Crippen molar-refractivity contribution >= 4 is 22.9 Å². The molecule has 1 aliphatic rings. The van der Waals surface area contributed by atoms with Gasteiger partial charge in [-0.05, 0) is 24.3 Å². The standard InChI is InChI=1S/C15H11F2N5/c16-9-6-5-8(7-10(9)17)13-20-14(18)21-15-19-11-3-1-2-4-12(11)22(13)15/h1-7,13H,(H3,18,19,20,21). The molecule has 0 aliphatic carbocycles. The maximum Gasteiger partial charge on any atom is 0.212 e. The highest BCUT2D eigenvalue weighted by atomic mass is 19.2. The van der Waals surface area contributed by atoms with Crippen molar-refractivity contribution in [2.45, 2.75) is 6.17 Å². The summed E-state index contributed by atoms with van der Waals surface area (Å²) in [6.07, 6.45) is -0.598. The quantitative estimate of drug-likeness (QED) is 0.725. The van der Waals surface area contributed by atoms with E-state index in [1.807, 2.05) is 24.3 Å². The molecule has 0 radical (unpaired) electrons. The lowest BCUT2D eigenvalue weighted by atomic mass is 10.1. The van der Waals surface area contributed by atoms with E-state index in [9.17, 15) is 8.78 Å². The third kappa shape index (κ3) is 1.82. The normalized spacial score (nSPS) is 17.0. The Hall–Kier alpha value is -2.96. The maximum atomic E-state index is 13.6. The van der Waals surface area contributed by atoms with Crippen molar-refractivity contribution in [3.8, 4) is 0 Å². The second-order valence-corrected chi connectivity index (χ2v) is 4.98. The molecule has 1 aliphatic heterocycles. The fourth-order valence-corrected chi connectivity index (χ4v) is 2.61. The predicted molar refractivity (Wildman–Crippen MR) is 79.5 cm³/mol. The Labute approximate surface area is 124 Å². The van der Waals surface area contributed by atoms with Crippen molar-refractivity contribution in [3.63, 3.8) is 0 Å². The molecule has 0 fully saturated rings. The number of para-hydroxylation sites is 2. The molecule has 110 valence electrons. The molecule has 22 heavy (non-hydrogen) atoms. The molecule has 7 heteroatoms. The van der Waals surface area contributed by atoms with Gasteiger partial charge in [-0.2, -0.15) is 0 Å². The minimum Gasteiger partial charge on any atom is -0.370 e. The summed E-state index contributed by atoms with van der Waals surface area (Å²) in [5.74, 6) is -1.12. The van der Waals surface area contributed by atoms with Gasteiger partial charge in [0.1, 0.15) is 0 Å². The molecule has 0 saturated carbocycles. The van der Waals surface area contributed by atoms with Crippen LogP contribution in [0, 0.1) is 11.6 Å². The van der Waals surface area contributed by atoms with Gasteiger partial charge in [-0.15, -0.1) is 0 Å². The largest absolute Gasteiger partial charge is 0.370 e. The van der Waals surface area contributed by atoms with Crippen LogP contribution in [0.3, 0.4) is 0 Å². The molecule has 1 unspecified atom stereocenters. The number of benzene rings is 2. The molecule has 5 nitrogen and oxygen atoms in total. The highest BCUT2D eigenvalue weighted by Crippen LogP contribution is 2.32. The summed E-state index contributed by atoms with van der Waals surface area (Å²) in [5, 5.41) is 2.89. The number of guanidine groups is 1. The number of aliphatic imine (C=N–C) groups is 1. The van der Waals surface area contributed by atoms with E-state index in [0.717, 1.165) is 23.2 Å². The number of fused-ring (bicyclic) bond motifs is 3. The lowest BCUT2D eigenvalue weighted by molar-refractivity contribution is 0.503. The Balaban J connectivity index is 1.96.